The van der Waals surface area contributed by atoms with E-state index in [1.54, 1.807) is 0 Å². The average molecular weight is 405 g/mol. The zero-order valence-electron chi connectivity index (χ0n) is 10.9. The van der Waals surface area contributed by atoms with E-state index in [9.17, 15) is 0 Å². The molecule has 0 aliphatic rings. The Labute approximate surface area is 140 Å². The van der Waals surface area contributed by atoms with Crippen molar-refractivity contribution in [3.8, 4) is 11.1 Å². The maximum absolute atomic E-state index is 6.09. The number of para-hydroxylation sites is 2. The fourth-order valence-electron chi connectivity index (χ4n) is 2.67. The van der Waals surface area contributed by atoms with Crippen molar-refractivity contribution in [3.63, 3.8) is 0 Å². The Balaban J connectivity index is 2.09. The normalized spacial score (nSPS) is 11.3. The van der Waals surface area contributed by atoms with Crippen LogP contribution in [-0.4, -0.2) is 0 Å². The Morgan fingerprint density at radius 3 is 2.48 bits per heavy atom. The van der Waals surface area contributed by atoms with E-state index in [2.05, 4.69) is 46.9 Å². The molecule has 0 aliphatic carbocycles. The van der Waals surface area contributed by atoms with Crippen molar-refractivity contribution in [2.24, 2.45) is 0 Å². The van der Waals surface area contributed by atoms with Crippen molar-refractivity contribution in [1.82, 2.24) is 0 Å². The fourth-order valence-corrected chi connectivity index (χ4v) is 3.83. The van der Waals surface area contributed by atoms with Gasteiger partial charge in [0.15, 0.2) is 0 Å². The van der Waals surface area contributed by atoms with Gasteiger partial charge in [0.1, 0.15) is 11.2 Å². The molecule has 0 fully saturated rings. The van der Waals surface area contributed by atoms with Crippen LogP contribution in [0.3, 0.4) is 0 Å². The molecule has 0 N–H and O–H groups in total. The highest BCUT2D eigenvalue weighted by molar-refractivity contribution is 14.1. The molecule has 0 aliphatic heterocycles. The number of halogens is 2. The maximum Gasteiger partial charge on any atom is 0.143 e. The van der Waals surface area contributed by atoms with E-state index in [4.69, 9.17) is 16.0 Å². The number of fused-ring (bicyclic) bond motifs is 3. The predicted octanol–water partition coefficient (Wildman–Crippen LogP) is 6.51. The molecule has 4 aromatic rings. The summed E-state index contributed by atoms with van der Waals surface area (Å²) < 4.78 is 7.21. The van der Waals surface area contributed by atoms with E-state index in [1.807, 2.05) is 36.4 Å². The predicted molar refractivity (Wildman–Crippen MR) is 96.9 cm³/mol. The zero-order valence-corrected chi connectivity index (χ0v) is 13.9. The molecule has 0 radical (unpaired) electrons. The van der Waals surface area contributed by atoms with Gasteiger partial charge in [-0.2, -0.15) is 0 Å². The average Bonchev–Trinajstić information content (AvgIpc) is 2.86. The van der Waals surface area contributed by atoms with Crippen molar-refractivity contribution in [1.29, 1.82) is 0 Å². The van der Waals surface area contributed by atoms with Gasteiger partial charge in [-0.3, -0.25) is 0 Å². The summed E-state index contributed by atoms with van der Waals surface area (Å²) in [7, 11) is 0. The first-order valence-electron chi connectivity index (χ1n) is 6.60. The van der Waals surface area contributed by atoms with Crippen molar-refractivity contribution in [2.45, 2.75) is 0 Å². The van der Waals surface area contributed by atoms with Gasteiger partial charge >= 0.3 is 0 Å². The maximum atomic E-state index is 6.09. The second-order valence-corrected chi connectivity index (χ2v) is 6.50. The van der Waals surface area contributed by atoms with E-state index in [0.717, 1.165) is 41.7 Å². The van der Waals surface area contributed by atoms with Gasteiger partial charge in [0, 0.05) is 24.9 Å². The van der Waals surface area contributed by atoms with E-state index in [1.165, 1.54) is 0 Å². The summed E-state index contributed by atoms with van der Waals surface area (Å²) in [6, 6.07) is 20.3. The second kappa shape index (κ2) is 5.04. The molecule has 0 saturated heterocycles. The van der Waals surface area contributed by atoms with E-state index >= 15 is 0 Å². The summed E-state index contributed by atoms with van der Waals surface area (Å²) in [6.45, 7) is 0. The summed E-state index contributed by atoms with van der Waals surface area (Å²) in [5.74, 6) is 0. The van der Waals surface area contributed by atoms with Crippen LogP contribution in [0.2, 0.25) is 5.02 Å². The van der Waals surface area contributed by atoms with Crippen LogP contribution in [0.25, 0.3) is 33.1 Å². The molecule has 0 spiro atoms. The molecule has 102 valence electrons. The molecule has 0 atom stereocenters. The topological polar surface area (TPSA) is 13.1 Å². The van der Waals surface area contributed by atoms with Crippen molar-refractivity contribution >= 4 is 56.1 Å². The zero-order chi connectivity index (χ0) is 14.4. The third-order valence-corrected chi connectivity index (χ3v) is 4.75. The molecule has 0 unspecified atom stereocenters. The summed E-state index contributed by atoms with van der Waals surface area (Å²) in [5.41, 5.74) is 4.09. The van der Waals surface area contributed by atoms with Gasteiger partial charge in [-0.25, -0.2) is 0 Å². The van der Waals surface area contributed by atoms with Crippen LogP contribution in [0, 0.1) is 3.57 Å². The minimum absolute atomic E-state index is 0.750. The molecule has 1 heterocycles. The highest BCUT2D eigenvalue weighted by atomic mass is 127. The lowest BCUT2D eigenvalue weighted by Crippen LogP contribution is -1.83. The Morgan fingerprint density at radius 1 is 0.810 bits per heavy atom. The number of hydrogen-bond donors (Lipinski definition) is 0. The molecular weight excluding hydrogens is 395 g/mol. The van der Waals surface area contributed by atoms with Gasteiger partial charge in [-0.15, -0.1) is 0 Å². The van der Waals surface area contributed by atoms with Crippen LogP contribution < -0.4 is 0 Å². The molecule has 1 aromatic heterocycles. The van der Waals surface area contributed by atoms with Crippen LogP contribution in [-0.2, 0) is 0 Å². The summed E-state index contributed by atoms with van der Waals surface area (Å²) in [5, 5.41) is 3.05. The van der Waals surface area contributed by atoms with Crippen LogP contribution in [0.1, 0.15) is 0 Å². The number of hydrogen-bond acceptors (Lipinski definition) is 1. The Morgan fingerprint density at radius 2 is 1.62 bits per heavy atom. The van der Waals surface area contributed by atoms with E-state index in [0.29, 0.717) is 0 Å². The first-order valence-corrected chi connectivity index (χ1v) is 8.05. The Kier molecular flexibility index (Phi) is 3.16. The largest absolute Gasteiger partial charge is 0.455 e. The highest BCUT2D eigenvalue weighted by Gasteiger charge is 2.13. The SMILES string of the molecule is Clc1ccc(-c2cccc3c2oc2ccccc23)c(I)c1. The summed E-state index contributed by atoms with van der Waals surface area (Å²) >= 11 is 8.37. The fraction of sp³-hybridized carbons (Fsp3) is 0. The van der Waals surface area contributed by atoms with Crippen LogP contribution >= 0.6 is 34.2 Å². The molecule has 4 rings (SSSR count). The lowest BCUT2D eigenvalue weighted by atomic mass is 10.0. The number of rotatable bonds is 1. The van der Waals surface area contributed by atoms with Gasteiger partial charge in [0.05, 0.1) is 0 Å². The molecule has 3 aromatic carbocycles. The van der Waals surface area contributed by atoms with Gasteiger partial charge in [0.2, 0.25) is 0 Å². The third kappa shape index (κ3) is 2.14. The number of benzene rings is 3. The molecule has 1 nitrogen and oxygen atoms in total. The minimum Gasteiger partial charge on any atom is -0.455 e. The van der Waals surface area contributed by atoms with Gasteiger partial charge in [0.25, 0.3) is 0 Å². The molecule has 3 heteroatoms. The van der Waals surface area contributed by atoms with Crippen molar-refractivity contribution < 1.29 is 4.42 Å². The summed E-state index contributed by atoms with van der Waals surface area (Å²) in [6.07, 6.45) is 0. The minimum atomic E-state index is 0.750. The van der Waals surface area contributed by atoms with Crippen LogP contribution in [0.5, 0.6) is 0 Å². The second-order valence-electron chi connectivity index (χ2n) is 4.90. The Hall–Kier alpha value is -1.52. The van der Waals surface area contributed by atoms with E-state index in [-0.39, 0.29) is 0 Å². The smallest absolute Gasteiger partial charge is 0.143 e. The lowest BCUT2D eigenvalue weighted by Gasteiger charge is -2.06. The van der Waals surface area contributed by atoms with Crippen molar-refractivity contribution in [3.05, 3.63) is 69.3 Å². The highest BCUT2D eigenvalue weighted by Crippen LogP contribution is 2.37. The monoisotopic (exact) mass is 404 g/mol. The molecular formula is C18H10ClIO. The van der Waals surface area contributed by atoms with Gasteiger partial charge in [-0.05, 0) is 46.4 Å². The first kappa shape index (κ1) is 13.2. The van der Waals surface area contributed by atoms with Crippen LogP contribution in [0.4, 0.5) is 0 Å². The molecule has 21 heavy (non-hydrogen) atoms. The quantitative estimate of drug-likeness (QED) is 0.330. The summed E-state index contributed by atoms with van der Waals surface area (Å²) in [4.78, 5) is 0. The first-order chi connectivity index (χ1) is 10.2. The molecule has 0 saturated carbocycles. The molecule has 0 amide bonds. The van der Waals surface area contributed by atoms with E-state index < -0.39 is 0 Å². The van der Waals surface area contributed by atoms with Crippen LogP contribution in [0.15, 0.2) is 65.1 Å². The molecule has 0 bridgehead atoms. The lowest BCUT2D eigenvalue weighted by molar-refractivity contribution is 0.670. The third-order valence-electron chi connectivity index (χ3n) is 3.63. The number of furan rings is 1. The van der Waals surface area contributed by atoms with Gasteiger partial charge < -0.3 is 4.42 Å². The van der Waals surface area contributed by atoms with Crippen molar-refractivity contribution in [2.75, 3.05) is 0 Å². The Bertz CT molecular complexity index is 971. The van der Waals surface area contributed by atoms with Gasteiger partial charge in [-0.1, -0.05) is 54.1 Å². The standard InChI is InChI=1S/C18H10ClIO/c19-11-8-9-12(16(20)10-11)14-5-3-6-15-13-4-1-2-7-17(13)21-18(14)15/h1-10H.